The van der Waals surface area contributed by atoms with Gasteiger partial charge in [0.05, 0.1) is 6.54 Å². The lowest BCUT2D eigenvalue weighted by Gasteiger charge is -2.07. The molecule has 0 aromatic heterocycles. The molecule has 1 aliphatic heterocycles. The number of rotatable bonds is 2. The zero-order valence-electron chi connectivity index (χ0n) is 4.87. The first-order chi connectivity index (χ1) is 4.34. The highest BCUT2D eigenvalue weighted by Crippen LogP contribution is 2.15. The average molecular weight is 145 g/mol. The molecule has 0 aliphatic carbocycles. The van der Waals surface area contributed by atoms with Crippen LogP contribution in [0, 0.1) is 0 Å². The fraction of sp³-hybridized carbons (Fsp3) is 0.600. The van der Waals surface area contributed by atoms with Gasteiger partial charge >= 0.3 is 0 Å². The van der Waals surface area contributed by atoms with Gasteiger partial charge in [0.1, 0.15) is 6.29 Å². The number of hydrogen-bond donors (Lipinski definition) is 0. The van der Waals surface area contributed by atoms with Crippen molar-refractivity contribution in [3.8, 4) is 0 Å². The summed E-state index contributed by atoms with van der Waals surface area (Å²) in [5, 5.41) is 0.0297. The lowest BCUT2D eigenvalue weighted by atomic mass is 10.6. The number of carbonyl (C=O) groups excluding carboxylic acids is 2. The number of hydrogen-bond acceptors (Lipinski definition) is 3. The monoisotopic (exact) mass is 145 g/mol. The summed E-state index contributed by atoms with van der Waals surface area (Å²) in [5.74, 6) is 0.826. The molecule has 3 nitrogen and oxygen atoms in total. The third kappa shape index (κ3) is 1.45. The van der Waals surface area contributed by atoms with Crippen LogP contribution in [0.15, 0.2) is 0 Å². The van der Waals surface area contributed by atoms with Crippen LogP contribution in [0.25, 0.3) is 0 Å². The van der Waals surface area contributed by atoms with E-state index in [2.05, 4.69) is 0 Å². The van der Waals surface area contributed by atoms with Gasteiger partial charge in [0.2, 0.25) is 0 Å². The van der Waals surface area contributed by atoms with Crippen molar-refractivity contribution in [2.75, 3.05) is 18.8 Å². The Kier molecular flexibility index (Phi) is 2.10. The summed E-state index contributed by atoms with van der Waals surface area (Å²) in [5.41, 5.74) is 0. The zero-order valence-corrected chi connectivity index (χ0v) is 5.69. The van der Waals surface area contributed by atoms with Crippen molar-refractivity contribution in [1.29, 1.82) is 0 Å². The van der Waals surface area contributed by atoms with Crippen molar-refractivity contribution < 1.29 is 9.59 Å². The van der Waals surface area contributed by atoms with Gasteiger partial charge in [-0.2, -0.15) is 0 Å². The molecule has 0 unspecified atom stereocenters. The van der Waals surface area contributed by atoms with Gasteiger partial charge in [0.25, 0.3) is 5.24 Å². The van der Waals surface area contributed by atoms with Crippen molar-refractivity contribution >= 4 is 23.3 Å². The average Bonchev–Trinajstić information content (AvgIpc) is 2.18. The van der Waals surface area contributed by atoms with Crippen LogP contribution in [-0.4, -0.2) is 35.3 Å². The topological polar surface area (TPSA) is 37.4 Å². The molecule has 1 saturated heterocycles. The Labute approximate surface area is 57.4 Å². The van der Waals surface area contributed by atoms with Crippen LogP contribution in [0.2, 0.25) is 0 Å². The van der Waals surface area contributed by atoms with E-state index in [0.29, 0.717) is 0 Å². The van der Waals surface area contributed by atoms with Gasteiger partial charge in [-0.3, -0.25) is 4.79 Å². The molecule has 9 heavy (non-hydrogen) atoms. The normalized spacial score (nSPS) is 18.7. The van der Waals surface area contributed by atoms with E-state index in [0.717, 1.165) is 18.6 Å². The highest BCUT2D eigenvalue weighted by molar-refractivity contribution is 8.13. The van der Waals surface area contributed by atoms with Gasteiger partial charge in [0.15, 0.2) is 0 Å². The van der Waals surface area contributed by atoms with E-state index in [1.54, 1.807) is 0 Å². The molecule has 0 aromatic carbocycles. The van der Waals surface area contributed by atoms with Crippen LogP contribution in [0.4, 0.5) is 4.79 Å². The Morgan fingerprint density at radius 2 is 2.56 bits per heavy atom. The first kappa shape index (κ1) is 6.61. The highest BCUT2D eigenvalue weighted by atomic mass is 32.2. The second kappa shape index (κ2) is 2.87. The van der Waals surface area contributed by atoms with Gasteiger partial charge in [0, 0.05) is 12.3 Å². The third-order valence-electron chi connectivity index (χ3n) is 1.14. The van der Waals surface area contributed by atoms with Crippen LogP contribution < -0.4 is 0 Å². The fourth-order valence-corrected chi connectivity index (χ4v) is 1.52. The Morgan fingerprint density at radius 3 is 3.00 bits per heavy atom. The van der Waals surface area contributed by atoms with Crippen molar-refractivity contribution in [2.24, 2.45) is 0 Å². The summed E-state index contributed by atoms with van der Waals surface area (Å²) in [6.45, 7) is 0.980. The molecule has 1 amide bonds. The maximum Gasteiger partial charge on any atom is 0.282 e. The second-order valence-corrected chi connectivity index (χ2v) is 2.77. The van der Waals surface area contributed by atoms with E-state index < -0.39 is 0 Å². The fourth-order valence-electron chi connectivity index (χ4n) is 0.682. The van der Waals surface area contributed by atoms with Crippen LogP contribution in [0.1, 0.15) is 0 Å². The predicted octanol–water partition coefficient (Wildman–Crippen LogP) is 0.354. The Bertz CT molecular complexity index is 137. The summed E-state index contributed by atoms with van der Waals surface area (Å²) in [6.07, 6.45) is 0.754. The van der Waals surface area contributed by atoms with E-state index in [1.807, 2.05) is 0 Å². The molecule has 0 radical (unpaired) electrons. The molecule has 4 heteroatoms. The number of carbonyl (C=O) groups is 2. The molecule has 50 valence electrons. The zero-order chi connectivity index (χ0) is 6.69. The number of aldehydes is 1. The van der Waals surface area contributed by atoms with E-state index in [4.69, 9.17) is 0 Å². The smallest absolute Gasteiger partial charge is 0.282 e. The molecule has 0 bridgehead atoms. The van der Waals surface area contributed by atoms with E-state index in [1.165, 1.54) is 16.7 Å². The number of thioether (sulfide) groups is 1. The van der Waals surface area contributed by atoms with Gasteiger partial charge in [-0.25, -0.2) is 0 Å². The summed E-state index contributed by atoms with van der Waals surface area (Å²) < 4.78 is 0. The molecule has 0 atom stereocenters. The second-order valence-electron chi connectivity index (χ2n) is 1.73. The molecule has 0 saturated carbocycles. The molecule has 0 aromatic rings. The van der Waals surface area contributed by atoms with Crippen molar-refractivity contribution in [1.82, 2.24) is 4.90 Å². The van der Waals surface area contributed by atoms with Gasteiger partial charge in [-0.1, -0.05) is 11.8 Å². The number of nitrogens with zero attached hydrogens (tertiary/aromatic N) is 1. The van der Waals surface area contributed by atoms with E-state index in [-0.39, 0.29) is 11.8 Å². The molecule has 1 aliphatic rings. The maximum absolute atomic E-state index is 10.7. The first-order valence-corrected chi connectivity index (χ1v) is 3.68. The highest BCUT2D eigenvalue weighted by Gasteiger charge is 2.19. The van der Waals surface area contributed by atoms with Crippen LogP contribution >= 0.6 is 11.8 Å². The van der Waals surface area contributed by atoms with Crippen LogP contribution in [-0.2, 0) is 4.79 Å². The van der Waals surface area contributed by atoms with Gasteiger partial charge < -0.3 is 9.69 Å². The van der Waals surface area contributed by atoms with Crippen molar-refractivity contribution in [3.63, 3.8) is 0 Å². The quantitative estimate of drug-likeness (QED) is 0.526. The Morgan fingerprint density at radius 1 is 1.78 bits per heavy atom. The summed E-state index contributed by atoms with van der Waals surface area (Å²) in [6, 6.07) is 0. The van der Waals surface area contributed by atoms with Gasteiger partial charge in [-0.05, 0) is 0 Å². The summed E-state index contributed by atoms with van der Waals surface area (Å²) in [7, 11) is 0. The van der Waals surface area contributed by atoms with Crippen molar-refractivity contribution in [2.45, 2.75) is 0 Å². The minimum atomic E-state index is 0.0297. The SMILES string of the molecule is O=CCN1CCSC1=O. The predicted molar refractivity (Wildman–Crippen MR) is 35.5 cm³/mol. The molecular formula is C5H7NO2S. The lowest BCUT2D eigenvalue weighted by molar-refractivity contribution is -0.108. The Hall–Kier alpha value is -0.510. The maximum atomic E-state index is 10.7. The third-order valence-corrected chi connectivity index (χ3v) is 2.03. The lowest BCUT2D eigenvalue weighted by Crippen LogP contribution is -2.24. The molecular weight excluding hydrogens is 138 g/mol. The summed E-state index contributed by atoms with van der Waals surface area (Å²) in [4.78, 5) is 22.1. The van der Waals surface area contributed by atoms with E-state index in [9.17, 15) is 9.59 Å². The Balaban J connectivity index is 2.39. The molecule has 1 fully saturated rings. The molecule has 0 N–H and O–H groups in total. The molecule has 1 heterocycles. The number of amides is 1. The summed E-state index contributed by atoms with van der Waals surface area (Å²) >= 11 is 1.27. The minimum Gasteiger partial charge on any atom is -0.326 e. The van der Waals surface area contributed by atoms with Gasteiger partial charge in [-0.15, -0.1) is 0 Å². The standard InChI is InChI=1S/C5H7NO2S/c7-3-1-6-2-4-9-5(6)8/h3H,1-2,4H2. The minimum absolute atomic E-state index is 0.0297. The van der Waals surface area contributed by atoms with Crippen LogP contribution in [0.3, 0.4) is 0 Å². The van der Waals surface area contributed by atoms with Crippen LogP contribution in [0.5, 0.6) is 0 Å². The largest absolute Gasteiger partial charge is 0.326 e. The first-order valence-electron chi connectivity index (χ1n) is 2.70. The molecule has 1 rings (SSSR count). The van der Waals surface area contributed by atoms with Crippen molar-refractivity contribution in [3.05, 3.63) is 0 Å². The van der Waals surface area contributed by atoms with E-state index >= 15 is 0 Å². The molecule has 0 spiro atoms.